The van der Waals surface area contributed by atoms with Gasteiger partial charge >= 0.3 is 0 Å². The van der Waals surface area contributed by atoms with Crippen LogP contribution in [0, 0.1) is 12.8 Å². The largest absolute Gasteiger partial charge is 0.321 e. The van der Waals surface area contributed by atoms with Crippen molar-refractivity contribution < 1.29 is 0 Å². The summed E-state index contributed by atoms with van der Waals surface area (Å²) in [7, 11) is 0. The molecule has 0 amide bonds. The highest BCUT2D eigenvalue weighted by molar-refractivity contribution is 5.24. The highest BCUT2D eigenvalue weighted by atomic mass is 14.8. The lowest BCUT2D eigenvalue weighted by Gasteiger charge is -2.41. The van der Waals surface area contributed by atoms with Gasteiger partial charge in [-0.05, 0) is 37.3 Å². The second kappa shape index (κ2) is 4.54. The van der Waals surface area contributed by atoms with Crippen LogP contribution in [0.3, 0.4) is 0 Å². The second-order valence-electron chi connectivity index (χ2n) is 5.08. The molecule has 2 N–H and O–H groups in total. The molecule has 0 aromatic carbocycles. The SMILES string of the molecule is CCC1CCCCC1(N)c1ccc(C)nc1. The first-order valence-electron chi connectivity index (χ1n) is 6.39. The van der Waals surface area contributed by atoms with Gasteiger partial charge in [-0.2, -0.15) is 0 Å². The van der Waals surface area contributed by atoms with Gasteiger partial charge in [0.05, 0.1) is 0 Å². The molecule has 1 fully saturated rings. The number of hydrogen-bond acceptors (Lipinski definition) is 2. The van der Waals surface area contributed by atoms with Gasteiger partial charge in [-0.1, -0.05) is 32.3 Å². The molecular weight excluding hydrogens is 196 g/mol. The Labute approximate surface area is 98.3 Å². The summed E-state index contributed by atoms with van der Waals surface area (Å²) >= 11 is 0. The average molecular weight is 218 g/mol. The minimum Gasteiger partial charge on any atom is -0.321 e. The number of aromatic nitrogens is 1. The molecule has 2 rings (SSSR count). The van der Waals surface area contributed by atoms with E-state index in [9.17, 15) is 0 Å². The van der Waals surface area contributed by atoms with Crippen molar-refractivity contribution in [2.75, 3.05) is 0 Å². The summed E-state index contributed by atoms with van der Waals surface area (Å²) in [5.74, 6) is 0.616. The monoisotopic (exact) mass is 218 g/mol. The highest BCUT2D eigenvalue weighted by Gasteiger charge is 2.37. The van der Waals surface area contributed by atoms with Crippen LogP contribution < -0.4 is 5.73 Å². The Kier molecular flexibility index (Phi) is 3.29. The van der Waals surface area contributed by atoms with Crippen LogP contribution >= 0.6 is 0 Å². The molecular formula is C14H22N2. The maximum absolute atomic E-state index is 6.65. The molecule has 1 heterocycles. The average Bonchev–Trinajstić information content (AvgIpc) is 2.30. The quantitative estimate of drug-likeness (QED) is 0.828. The zero-order valence-electron chi connectivity index (χ0n) is 10.4. The van der Waals surface area contributed by atoms with Crippen molar-refractivity contribution in [3.05, 3.63) is 29.6 Å². The summed E-state index contributed by atoms with van der Waals surface area (Å²) in [5, 5.41) is 0. The van der Waals surface area contributed by atoms with Crippen molar-refractivity contribution in [2.24, 2.45) is 11.7 Å². The van der Waals surface area contributed by atoms with Crippen molar-refractivity contribution in [3.63, 3.8) is 0 Å². The summed E-state index contributed by atoms with van der Waals surface area (Å²) in [5.41, 5.74) is 8.81. The van der Waals surface area contributed by atoms with Gasteiger partial charge in [0.15, 0.2) is 0 Å². The van der Waals surface area contributed by atoms with E-state index in [1.165, 1.54) is 31.2 Å². The Balaban J connectivity index is 2.31. The smallest absolute Gasteiger partial charge is 0.0453 e. The fraction of sp³-hybridized carbons (Fsp3) is 0.643. The molecule has 1 aromatic heterocycles. The first-order valence-corrected chi connectivity index (χ1v) is 6.39. The van der Waals surface area contributed by atoms with E-state index in [1.807, 2.05) is 13.1 Å². The van der Waals surface area contributed by atoms with Crippen LogP contribution in [0.15, 0.2) is 18.3 Å². The van der Waals surface area contributed by atoms with Crippen molar-refractivity contribution in [2.45, 2.75) is 51.5 Å². The topological polar surface area (TPSA) is 38.9 Å². The van der Waals surface area contributed by atoms with Crippen LogP contribution in [0.1, 0.15) is 50.3 Å². The summed E-state index contributed by atoms with van der Waals surface area (Å²) in [6.07, 6.45) is 8.10. The molecule has 0 aliphatic heterocycles. The molecule has 88 valence electrons. The highest BCUT2D eigenvalue weighted by Crippen LogP contribution is 2.40. The zero-order chi connectivity index (χ0) is 11.6. The third-order valence-electron chi connectivity index (χ3n) is 4.06. The predicted molar refractivity (Wildman–Crippen MR) is 67.1 cm³/mol. The Bertz CT molecular complexity index is 344. The summed E-state index contributed by atoms with van der Waals surface area (Å²) < 4.78 is 0. The van der Waals surface area contributed by atoms with Crippen LogP contribution in [0.25, 0.3) is 0 Å². The molecule has 0 radical (unpaired) electrons. The van der Waals surface area contributed by atoms with Gasteiger partial charge in [-0.3, -0.25) is 4.98 Å². The van der Waals surface area contributed by atoms with Gasteiger partial charge in [0, 0.05) is 17.4 Å². The number of nitrogens with zero attached hydrogens (tertiary/aromatic N) is 1. The molecule has 0 saturated heterocycles. The summed E-state index contributed by atoms with van der Waals surface area (Å²) in [6.45, 7) is 4.27. The Hall–Kier alpha value is -0.890. The number of hydrogen-bond donors (Lipinski definition) is 1. The van der Waals surface area contributed by atoms with E-state index in [0.717, 1.165) is 12.1 Å². The predicted octanol–water partition coefficient (Wildman–Crippen LogP) is 3.14. The maximum Gasteiger partial charge on any atom is 0.0453 e. The first kappa shape index (κ1) is 11.6. The molecule has 2 unspecified atom stereocenters. The number of aryl methyl sites for hydroxylation is 1. The lowest BCUT2D eigenvalue weighted by molar-refractivity contribution is 0.184. The van der Waals surface area contributed by atoms with Gasteiger partial charge in [0.1, 0.15) is 0 Å². The molecule has 2 nitrogen and oxygen atoms in total. The molecule has 2 heteroatoms. The Morgan fingerprint density at radius 3 is 2.88 bits per heavy atom. The molecule has 1 aliphatic carbocycles. The van der Waals surface area contributed by atoms with E-state index in [1.54, 1.807) is 0 Å². The molecule has 0 spiro atoms. The second-order valence-corrected chi connectivity index (χ2v) is 5.08. The van der Waals surface area contributed by atoms with Crippen molar-refractivity contribution >= 4 is 0 Å². The van der Waals surface area contributed by atoms with Crippen molar-refractivity contribution in [1.29, 1.82) is 0 Å². The lowest BCUT2D eigenvalue weighted by Crippen LogP contribution is -2.46. The van der Waals surface area contributed by atoms with Crippen molar-refractivity contribution in [1.82, 2.24) is 4.98 Å². The fourth-order valence-corrected chi connectivity index (χ4v) is 2.96. The minimum atomic E-state index is -0.131. The van der Waals surface area contributed by atoms with E-state index in [0.29, 0.717) is 5.92 Å². The molecule has 1 aliphatic rings. The third-order valence-corrected chi connectivity index (χ3v) is 4.06. The lowest BCUT2D eigenvalue weighted by atomic mass is 9.69. The molecule has 16 heavy (non-hydrogen) atoms. The van der Waals surface area contributed by atoms with Crippen LogP contribution in [0.2, 0.25) is 0 Å². The van der Waals surface area contributed by atoms with Crippen LogP contribution in [-0.4, -0.2) is 4.98 Å². The van der Waals surface area contributed by atoms with Crippen LogP contribution in [0.4, 0.5) is 0 Å². The first-order chi connectivity index (χ1) is 7.66. The standard InChI is InChI=1S/C14H22N2/c1-3-12-6-4-5-9-14(12,15)13-8-7-11(2)16-10-13/h7-8,10,12H,3-6,9,15H2,1-2H3. The number of nitrogens with two attached hydrogens (primary N) is 1. The summed E-state index contributed by atoms with van der Waals surface area (Å²) in [4.78, 5) is 4.39. The van der Waals surface area contributed by atoms with E-state index < -0.39 is 0 Å². The van der Waals surface area contributed by atoms with E-state index in [-0.39, 0.29) is 5.54 Å². The van der Waals surface area contributed by atoms with Crippen LogP contribution in [-0.2, 0) is 5.54 Å². The zero-order valence-corrected chi connectivity index (χ0v) is 10.4. The number of pyridine rings is 1. The van der Waals surface area contributed by atoms with Gasteiger partial charge in [0.25, 0.3) is 0 Å². The molecule has 1 aromatic rings. The minimum absolute atomic E-state index is 0.131. The van der Waals surface area contributed by atoms with E-state index in [2.05, 4.69) is 24.0 Å². The van der Waals surface area contributed by atoms with Gasteiger partial charge in [-0.25, -0.2) is 0 Å². The fourth-order valence-electron chi connectivity index (χ4n) is 2.96. The van der Waals surface area contributed by atoms with Gasteiger partial charge < -0.3 is 5.73 Å². The molecule has 2 atom stereocenters. The van der Waals surface area contributed by atoms with Crippen LogP contribution in [0.5, 0.6) is 0 Å². The Morgan fingerprint density at radius 2 is 2.25 bits per heavy atom. The van der Waals surface area contributed by atoms with Gasteiger partial charge in [-0.15, -0.1) is 0 Å². The Morgan fingerprint density at radius 1 is 1.44 bits per heavy atom. The van der Waals surface area contributed by atoms with E-state index >= 15 is 0 Å². The normalized spacial score (nSPS) is 30.3. The van der Waals surface area contributed by atoms with E-state index in [4.69, 9.17) is 5.73 Å². The van der Waals surface area contributed by atoms with Gasteiger partial charge in [0.2, 0.25) is 0 Å². The maximum atomic E-state index is 6.65. The molecule has 0 bridgehead atoms. The number of rotatable bonds is 2. The molecule has 1 saturated carbocycles. The third kappa shape index (κ3) is 1.99. The van der Waals surface area contributed by atoms with Crippen molar-refractivity contribution in [3.8, 4) is 0 Å². The summed E-state index contributed by atoms with van der Waals surface area (Å²) in [6, 6.07) is 4.24.